The zero-order valence-electron chi connectivity index (χ0n) is 11.9. The molecule has 0 aromatic heterocycles. The highest BCUT2D eigenvalue weighted by molar-refractivity contribution is 5.85. The third-order valence-electron chi connectivity index (χ3n) is 2.61. The Morgan fingerprint density at radius 3 is 2.53 bits per heavy atom. The number of methoxy groups -OCH3 is 1. The Bertz CT molecular complexity index is 317. The van der Waals surface area contributed by atoms with Crippen LogP contribution in [-0.4, -0.2) is 55.3 Å². The second-order valence-electron chi connectivity index (χ2n) is 5.31. The fourth-order valence-corrected chi connectivity index (χ4v) is 1.78. The van der Waals surface area contributed by atoms with E-state index < -0.39 is 5.60 Å². The second kappa shape index (κ2) is 7.55. The third-order valence-corrected chi connectivity index (χ3v) is 2.61. The number of carbonyl (C=O) groups excluding carboxylic acids is 2. The summed E-state index contributed by atoms with van der Waals surface area (Å²) in [5, 5.41) is 3.15. The number of ether oxygens (including phenoxy) is 2. The van der Waals surface area contributed by atoms with Gasteiger partial charge >= 0.3 is 12.1 Å². The molecule has 112 valence electrons. The van der Waals surface area contributed by atoms with Gasteiger partial charge in [0, 0.05) is 19.6 Å². The lowest BCUT2D eigenvalue weighted by Crippen LogP contribution is -2.55. The number of piperazine rings is 1. The monoisotopic (exact) mass is 294 g/mol. The summed E-state index contributed by atoms with van der Waals surface area (Å²) in [5.74, 6) is -0.322. The van der Waals surface area contributed by atoms with Gasteiger partial charge in [0.25, 0.3) is 0 Å². The van der Waals surface area contributed by atoms with Gasteiger partial charge in [-0.25, -0.2) is 4.79 Å². The van der Waals surface area contributed by atoms with E-state index in [1.165, 1.54) is 7.11 Å². The smallest absolute Gasteiger partial charge is 0.410 e. The van der Waals surface area contributed by atoms with Crippen LogP contribution >= 0.6 is 12.4 Å². The van der Waals surface area contributed by atoms with Crippen LogP contribution in [0, 0.1) is 0 Å². The van der Waals surface area contributed by atoms with Crippen LogP contribution in [0.4, 0.5) is 4.79 Å². The molecule has 7 heteroatoms. The van der Waals surface area contributed by atoms with E-state index in [1.54, 1.807) is 4.90 Å². The molecule has 1 amide bonds. The number of rotatable bonds is 2. The van der Waals surface area contributed by atoms with Gasteiger partial charge in [0.1, 0.15) is 5.60 Å². The number of amides is 1. The predicted octanol–water partition coefficient (Wildman–Crippen LogP) is 1.18. The summed E-state index contributed by atoms with van der Waals surface area (Å²) in [6, 6.07) is -0.207. The van der Waals surface area contributed by atoms with Crippen molar-refractivity contribution in [3.05, 3.63) is 0 Å². The number of hydrogen-bond donors (Lipinski definition) is 1. The van der Waals surface area contributed by atoms with E-state index in [9.17, 15) is 9.59 Å². The zero-order valence-corrected chi connectivity index (χ0v) is 12.7. The van der Waals surface area contributed by atoms with E-state index in [-0.39, 0.29) is 36.9 Å². The first-order valence-corrected chi connectivity index (χ1v) is 6.10. The van der Waals surface area contributed by atoms with E-state index in [0.717, 1.165) is 0 Å². The second-order valence-corrected chi connectivity index (χ2v) is 5.31. The molecule has 6 nitrogen and oxygen atoms in total. The highest BCUT2D eigenvalue weighted by Crippen LogP contribution is 2.15. The molecular weight excluding hydrogens is 272 g/mol. The Balaban J connectivity index is 0.00000324. The van der Waals surface area contributed by atoms with Crippen molar-refractivity contribution >= 4 is 24.5 Å². The highest BCUT2D eigenvalue weighted by Gasteiger charge is 2.31. The molecule has 0 unspecified atom stereocenters. The highest BCUT2D eigenvalue weighted by atomic mass is 35.5. The first kappa shape index (κ1) is 18.0. The molecule has 0 radical (unpaired) electrons. The van der Waals surface area contributed by atoms with Crippen molar-refractivity contribution < 1.29 is 19.1 Å². The maximum absolute atomic E-state index is 12.0. The van der Waals surface area contributed by atoms with Gasteiger partial charge in [-0.1, -0.05) is 0 Å². The van der Waals surface area contributed by atoms with Crippen LogP contribution in [-0.2, 0) is 14.3 Å². The quantitative estimate of drug-likeness (QED) is 0.775. The molecule has 1 atom stereocenters. The first-order valence-electron chi connectivity index (χ1n) is 6.10. The van der Waals surface area contributed by atoms with Crippen LogP contribution in [0.15, 0.2) is 0 Å². The summed E-state index contributed by atoms with van der Waals surface area (Å²) in [6.07, 6.45) is -0.194. The largest absolute Gasteiger partial charge is 0.469 e. The molecule has 1 N–H and O–H groups in total. The van der Waals surface area contributed by atoms with E-state index in [0.29, 0.717) is 19.6 Å². The average molecular weight is 295 g/mol. The molecule has 1 heterocycles. The maximum atomic E-state index is 12.0. The molecule has 1 rings (SSSR count). The van der Waals surface area contributed by atoms with Gasteiger partial charge < -0.3 is 19.7 Å². The minimum Gasteiger partial charge on any atom is -0.469 e. The van der Waals surface area contributed by atoms with Crippen LogP contribution in [0.2, 0.25) is 0 Å². The summed E-state index contributed by atoms with van der Waals surface area (Å²) in [5.41, 5.74) is -0.530. The van der Waals surface area contributed by atoms with Crippen molar-refractivity contribution in [1.82, 2.24) is 10.2 Å². The van der Waals surface area contributed by atoms with Crippen molar-refractivity contribution in [2.45, 2.75) is 38.8 Å². The lowest BCUT2D eigenvalue weighted by molar-refractivity contribution is -0.142. The fraction of sp³-hybridized carbons (Fsp3) is 0.833. The minimum absolute atomic E-state index is 0. The molecule has 1 fully saturated rings. The number of carbonyl (C=O) groups is 2. The summed E-state index contributed by atoms with van der Waals surface area (Å²) in [7, 11) is 1.34. The van der Waals surface area contributed by atoms with Crippen LogP contribution in [0.1, 0.15) is 27.2 Å². The first-order chi connectivity index (χ1) is 8.33. The van der Waals surface area contributed by atoms with Gasteiger partial charge in [-0.05, 0) is 20.8 Å². The van der Waals surface area contributed by atoms with Crippen LogP contribution < -0.4 is 5.32 Å². The van der Waals surface area contributed by atoms with E-state index >= 15 is 0 Å². The van der Waals surface area contributed by atoms with Gasteiger partial charge in [0.2, 0.25) is 0 Å². The van der Waals surface area contributed by atoms with Crippen LogP contribution in [0.3, 0.4) is 0 Å². The maximum Gasteiger partial charge on any atom is 0.410 e. The zero-order chi connectivity index (χ0) is 13.8. The molecule has 0 spiro atoms. The Kier molecular flexibility index (Phi) is 7.15. The summed E-state index contributed by atoms with van der Waals surface area (Å²) in [6.45, 7) is 7.29. The van der Waals surface area contributed by atoms with Crippen molar-refractivity contribution in [2.24, 2.45) is 0 Å². The number of nitrogens with one attached hydrogen (secondary N) is 1. The van der Waals surface area contributed by atoms with Crippen LogP contribution in [0.25, 0.3) is 0 Å². The van der Waals surface area contributed by atoms with E-state index in [4.69, 9.17) is 4.74 Å². The Morgan fingerprint density at radius 1 is 1.37 bits per heavy atom. The molecule has 0 aliphatic carbocycles. The Hall–Kier alpha value is -1.01. The molecule has 1 saturated heterocycles. The van der Waals surface area contributed by atoms with Crippen molar-refractivity contribution in [3.8, 4) is 0 Å². The summed E-state index contributed by atoms with van der Waals surface area (Å²) < 4.78 is 9.97. The minimum atomic E-state index is -0.530. The molecule has 19 heavy (non-hydrogen) atoms. The summed E-state index contributed by atoms with van der Waals surface area (Å²) >= 11 is 0. The molecule has 1 aliphatic heterocycles. The number of hydrogen-bond acceptors (Lipinski definition) is 5. The Morgan fingerprint density at radius 2 is 2.00 bits per heavy atom. The third kappa shape index (κ3) is 6.11. The van der Waals surface area contributed by atoms with E-state index in [1.807, 2.05) is 20.8 Å². The standard InChI is InChI=1S/C12H22N2O4.ClH/c1-12(2,3)18-11(16)14-6-5-13-8-9(14)7-10(15)17-4;/h9,13H,5-8H2,1-4H3;1H/t9-;/m0./s1. The van der Waals surface area contributed by atoms with Gasteiger partial charge in [-0.2, -0.15) is 0 Å². The van der Waals surface area contributed by atoms with Gasteiger partial charge in [-0.15, -0.1) is 12.4 Å². The number of esters is 1. The van der Waals surface area contributed by atoms with Crippen LogP contribution in [0.5, 0.6) is 0 Å². The molecule has 0 saturated carbocycles. The Labute approximate surface area is 120 Å². The number of halogens is 1. The lowest BCUT2D eigenvalue weighted by Gasteiger charge is -2.36. The average Bonchev–Trinajstić information content (AvgIpc) is 2.27. The van der Waals surface area contributed by atoms with Gasteiger partial charge in [0.15, 0.2) is 0 Å². The summed E-state index contributed by atoms with van der Waals surface area (Å²) in [4.78, 5) is 24.9. The van der Waals surface area contributed by atoms with Crippen molar-refractivity contribution in [3.63, 3.8) is 0 Å². The molecule has 0 aromatic rings. The normalized spacial score (nSPS) is 19.4. The van der Waals surface area contributed by atoms with Crippen molar-refractivity contribution in [1.29, 1.82) is 0 Å². The fourth-order valence-electron chi connectivity index (χ4n) is 1.78. The predicted molar refractivity (Wildman–Crippen MR) is 73.5 cm³/mol. The molecular formula is C12H23ClN2O4. The van der Waals surface area contributed by atoms with Gasteiger partial charge in [0.05, 0.1) is 19.6 Å². The molecule has 0 bridgehead atoms. The molecule has 0 aromatic carbocycles. The SMILES string of the molecule is COC(=O)C[C@H]1CNCCN1C(=O)OC(C)(C)C.Cl. The topological polar surface area (TPSA) is 67.9 Å². The lowest BCUT2D eigenvalue weighted by atomic mass is 10.1. The van der Waals surface area contributed by atoms with E-state index in [2.05, 4.69) is 10.1 Å². The number of nitrogens with zero attached hydrogens (tertiary/aromatic N) is 1. The van der Waals surface area contributed by atoms with Gasteiger partial charge in [-0.3, -0.25) is 4.79 Å². The molecule has 1 aliphatic rings. The van der Waals surface area contributed by atoms with Crippen molar-refractivity contribution in [2.75, 3.05) is 26.7 Å².